The quantitative estimate of drug-likeness (QED) is 0.769. The first kappa shape index (κ1) is 14.8. The van der Waals surface area contributed by atoms with E-state index in [1.807, 2.05) is 6.92 Å². The van der Waals surface area contributed by atoms with E-state index in [1.165, 1.54) is 0 Å². The lowest BCUT2D eigenvalue weighted by Crippen LogP contribution is -2.22. The van der Waals surface area contributed by atoms with E-state index in [0.29, 0.717) is 24.2 Å². The van der Waals surface area contributed by atoms with Gasteiger partial charge in [0.25, 0.3) is 0 Å². The molecule has 0 spiro atoms. The van der Waals surface area contributed by atoms with E-state index < -0.39 is 5.97 Å². The number of carbonyl (C=O) groups is 1. The van der Waals surface area contributed by atoms with Gasteiger partial charge in [-0.25, -0.2) is 9.78 Å². The van der Waals surface area contributed by atoms with Crippen LogP contribution in [0.5, 0.6) is 0 Å². The summed E-state index contributed by atoms with van der Waals surface area (Å²) in [6.07, 6.45) is 3.25. The standard InChI is InChI=1S/C15H22N2O3/c1-9-6-10(2)17-14(13(9)15(19)20)16-7-11-4-3-5-12(11)8-18/h6,11-12,18H,3-5,7-8H2,1-2H3,(H,16,17)(H,19,20). The fourth-order valence-electron chi connectivity index (χ4n) is 3.09. The van der Waals surface area contributed by atoms with Gasteiger partial charge in [0.05, 0.1) is 0 Å². The Bertz CT molecular complexity index is 502. The van der Waals surface area contributed by atoms with Crippen molar-refractivity contribution in [3.63, 3.8) is 0 Å². The summed E-state index contributed by atoms with van der Waals surface area (Å²) < 4.78 is 0. The van der Waals surface area contributed by atoms with E-state index in [0.717, 1.165) is 30.5 Å². The van der Waals surface area contributed by atoms with Gasteiger partial charge in [0.2, 0.25) is 0 Å². The third kappa shape index (κ3) is 3.10. The molecule has 1 aliphatic rings. The first-order valence-corrected chi connectivity index (χ1v) is 7.09. The monoisotopic (exact) mass is 278 g/mol. The molecule has 0 aliphatic heterocycles. The van der Waals surface area contributed by atoms with Gasteiger partial charge in [-0.3, -0.25) is 0 Å². The Morgan fingerprint density at radius 2 is 2.10 bits per heavy atom. The van der Waals surface area contributed by atoms with E-state index in [2.05, 4.69) is 10.3 Å². The average Bonchev–Trinajstić information content (AvgIpc) is 2.82. The van der Waals surface area contributed by atoms with Gasteiger partial charge in [0.15, 0.2) is 0 Å². The minimum absolute atomic E-state index is 0.207. The second kappa shape index (κ2) is 6.22. The second-order valence-electron chi connectivity index (χ2n) is 5.62. The molecule has 2 atom stereocenters. The van der Waals surface area contributed by atoms with Crippen LogP contribution in [-0.2, 0) is 0 Å². The summed E-state index contributed by atoms with van der Waals surface area (Å²) in [6.45, 7) is 4.52. The van der Waals surface area contributed by atoms with E-state index in [9.17, 15) is 15.0 Å². The summed E-state index contributed by atoms with van der Waals surface area (Å²) in [6, 6.07) is 1.78. The average molecular weight is 278 g/mol. The number of aliphatic hydroxyl groups excluding tert-OH is 1. The number of aliphatic hydroxyl groups is 1. The van der Waals surface area contributed by atoms with Crippen molar-refractivity contribution in [1.29, 1.82) is 0 Å². The molecule has 1 saturated carbocycles. The van der Waals surface area contributed by atoms with Crippen LogP contribution in [0.2, 0.25) is 0 Å². The van der Waals surface area contributed by atoms with Crippen LogP contribution in [0.15, 0.2) is 6.07 Å². The Hall–Kier alpha value is -1.62. The molecule has 2 unspecified atom stereocenters. The second-order valence-corrected chi connectivity index (χ2v) is 5.62. The van der Waals surface area contributed by atoms with E-state index in [4.69, 9.17) is 0 Å². The fraction of sp³-hybridized carbons (Fsp3) is 0.600. The largest absolute Gasteiger partial charge is 0.478 e. The van der Waals surface area contributed by atoms with Crippen molar-refractivity contribution in [1.82, 2.24) is 4.98 Å². The molecule has 5 nitrogen and oxygen atoms in total. The highest BCUT2D eigenvalue weighted by atomic mass is 16.4. The van der Waals surface area contributed by atoms with E-state index in [-0.39, 0.29) is 12.2 Å². The number of carboxylic acids is 1. The number of nitrogens with zero attached hydrogens (tertiary/aromatic N) is 1. The number of hydrogen-bond acceptors (Lipinski definition) is 4. The van der Waals surface area contributed by atoms with E-state index >= 15 is 0 Å². The Morgan fingerprint density at radius 1 is 1.40 bits per heavy atom. The van der Waals surface area contributed by atoms with Gasteiger partial charge >= 0.3 is 5.97 Å². The van der Waals surface area contributed by atoms with E-state index in [1.54, 1.807) is 13.0 Å². The Balaban J connectivity index is 2.14. The summed E-state index contributed by atoms with van der Waals surface area (Å²) in [5, 5.41) is 21.8. The van der Waals surface area contributed by atoms with Crippen LogP contribution in [0.4, 0.5) is 5.82 Å². The van der Waals surface area contributed by atoms with Gasteiger partial charge in [-0.05, 0) is 50.2 Å². The van der Waals surface area contributed by atoms with Gasteiger partial charge in [-0.1, -0.05) is 6.42 Å². The normalized spacial score (nSPS) is 21.9. The minimum atomic E-state index is -0.956. The van der Waals surface area contributed by atoms with Crippen LogP contribution in [-0.4, -0.2) is 34.3 Å². The highest BCUT2D eigenvalue weighted by Crippen LogP contribution is 2.31. The summed E-state index contributed by atoms with van der Waals surface area (Å²) in [7, 11) is 0. The molecule has 1 aromatic heterocycles. The zero-order valence-corrected chi connectivity index (χ0v) is 12.0. The van der Waals surface area contributed by atoms with Crippen LogP contribution in [0.1, 0.15) is 40.9 Å². The Morgan fingerprint density at radius 3 is 2.75 bits per heavy atom. The Labute approximate surface area is 119 Å². The van der Waals surface area contributed by atoms with Gasteiger partial charge in [-0.2, -0.15) is 0 Å². The van der Waals surface area contributed by atoms with Crippen LogP contribution in [0, 0.1) is 25.7 Å². The summed E-state index contributed by atoms with van der Waals surface area (Å²) in [5.74, 6) is 0.201. The molecular weight excluding hydrogens is 256 g/mol. The number of carboxylic acid groups (broad SMARTS) is 1. The predicted molar refractivity (Wildman–Crippen MR) is 77.1 cm³/mol. The molecule has 2 rings (SSSR count). The molecule has 0 amide bonds. The van der Waals surface area contributed by atoms with Crippen molar-refractivity contribution < 1.29 is 15.0 Å². The molecule has 1 aromatic rings. The number of pyridine rings is 1. The molecule has 0 bridgehead atoms. The molecule has 0 saturated heterocycles. The number of nitrogens with one attached hydrogen (secondary N) is 1. The zero-order chi connectivity index (χ0) is 14.7. The maximum Gasteiger partial charge on any atom is 0.339 e. The zero-order valence-electron chi connectivity index (χ0n) is 12.0. The lowest BCUT2D eigenvalue weighted by molar-refractivity contribution is 0.0696. The van der Waals surface area contributed by atoms with Gasteiger partial charge in [0, 0.05) is 18.8 Å². The number of aromatic carboxylic acids is 1. The van der Waals surface area contributed by atoms with Crippen molar-refractivity contribution in [2.45, 2.75) is 33.1 Å². The molecule has 1 fully saturated rings. The van der Waals surface area contributed by atoms with Crippen molar-refractivity contribution in [3.05, 3.63) is 22.9 Å². The maximum absolute atomic E-state index is 11.4. The molecule has 1 aliphatic carbocycles. The molecule has 0 radical (unpaired) electrons. The van der Waals surface area contributed by atoms with Crippen molar-refractivity contribution in [2.24, 2.45) is 11.8 Å². The molecule has 20 heavy (non-hydrogen) atoms. The summed E-state index contributed by atoms with van der Waals surface area (Å²) in [5.41, 5.74) is 1.77. The fourth-order valence-corrected chi connectivity index (χ4v) is 3.09. The first-order chi connectivity index (χ1) is 9.52. The lowest BCUT2D eigenvalue weighted by Gasteiger charge is -2.19. The molecule has 1 heterocycles. The van der Waals surface area contributed by atoms with Crippen LogP contribution in [0.25, 0.3) is 0 Å². The summed E-state index contributed by atoms with van der Waals surface area (Å²) in [4.78, 5) is 15.7. The van der Waals surface area contributed by atoms with Crippen LogP contribution >= 0.6 is 0 Å². The first-order valence-electron chi connectivity index (χ1n) is 7.09. The third-order valence-electron chi connectivity index (χ3n) is 4.14. The SMILES string of the molecule is Cc1cc(C)c(C(=O)O)c(NCC2CCCC2CO)n1. The van der Waals surface area contributed by atoms with Gasteiger partial charge in [-0.15, -0.1) is 0 Å². The number of anilines is 1. The predicted octanol–water partition coefficient (Wildman–Crippen LogP) is 2.22. The smallest absolute Gasteiger partial charge is 0.339 e. The molecule has 0 aromatic carbocycles. The van der Waals surface area contributed by atoms with Crippen LogP contribution < -0.4 is 5.32 Å². The van der Waals surface area contributed by atoms with Crippen molar-refractivity contribution >= 4 is 11.8 Å². The molecule has 3 N–H and O–H groups in total. The Kier molecular flexibility index (Phi) is 4.60. The highest BCUT2D eigenvalue weighted by molar-refractivity contribution is 5.94. The minimum Gasteiger partial charge on any atom is -0.478 e. The van der Waals surface area contributed by atoms with Gasteiger partial charge < -0.3 is 15.5 Å². The molecule has 110 valence electrons. The number of aromatic nitrogens is 1. The van der Waals surface area contributed by atoms with Gasteiger partial charge in [0.1, 0.15) is 11.4 Å². The highest BCUT2D eigenvalue weighted by Gasteiger charge is 2.27. The van der Waals surface area contributed by atoms with Crippen LogP contribution in [0.3, 0.4) is 0 Å². The molecule has 5 heteroatoms. The van der Waals surface area contributed by atoms with Crippen molar-refractivity contribution in [2.75, 3.05) is 18.5 Å². The van der Waals surface area contributed by atoms with Crippen molar-refractivity contribution in [3.8, 4) is 0 Å². The summed E-state index contributed by atoms with van der Waals surface area (Å²) >= 11 is 0. The lowest BCUT2D eigenvalue weighted by atomic mass is 9.97. The number of aryl methyl sites for hydroxylation is 2. The topological polar surface area (TPSA) is 82.5 Å². The maximum atomic E-state index is 11.4. The number of rotatable bonds is 5. The third-order valence-corrected chi connectivity index (χ3v) is 4.14. The molecular formula is C15H22N2O3. The number of hydrogen-bond donors (Lipinski definition) is 3.